The number of halogens is 7. The van der Waals surface area contributed by atoms with Gasteiger partial charge in [-0.2, -0.15) is 18.3 Å². The highest BCUT2D eigenvalue weighted by Gasteiger charge is 2.34. The van der Waals surface area contributed by atoms with Crippen LogP contribution >= 0.6 is 15.9 Å². The van der Waals surface area contributed by atoms with E-state index in [-0.39, 0.29) is 45.3 Å². The number of ether oxygens (including phenoxy) is 1. The molecule has 1 atom stereocenters. The zero-order chi connectivity index (χ0) is 25.5. The van der Waals surface area contributed by atoms with Crippen molar-refractivity contribution in [3.8, 4) is 22.7 Å². The second-order valence-electron chi connectivity index (χ2n) is 7.29. The summed E-state index contributed by atoms with van der Waals surface area (Å²) in [6.45, 7) is 0.196. The standard InChI is InChI=1S/C20H13BrF6N4O3S/c21-12-5-11(6-14(7-12)34-20(25,26)27)16-9-15(18(32)30-3-4-35(33)10-30)29-31(16)13-1-2-28-17(8-13)19(22,23)24/h1-2,5-9H,3-4,10H2. The minimum Gasteiger partial charge on any atom is -0.406 e. The number of benzene rings is 1. The average Bonchev–Trinajstić information content (AvgIpc) is 3.38. The van der Waals surface area contributed by atoms with E-state index in [9.17, 15) is 35.3 Å². The summed E-state index contributed by atoms with van der Waals surface area (Å²) in [4.78, 5) is 17.5. The van der Waals surface area contributed by atoms with Crippen LogP contribution in [0, 0.1) is 0 Å². The summed E-state index contributed by atoms with van der Waals surface area (Å²) in [7, 11) is -1.24. The molecule has 15 heteroatoms. The first-order chi connectivity index (χ1) is 16.3. The molecule has 0 spiro atoms. The highest BCUT2D eigenvalue weighted by molar-refractivity contribution is 9.10. The first-order valence-electron chi connectivity index (χ1n) is 9.65. The van der Waals surface area contributed by atoms with Gasteiger partial charge in [0.1, 0.15) is 11.4 Å². The van der Waals surface area contributed by atoms with Crippen LogP contribution in [0.15, 0.2) is 47.1 Å². The molecule has 1 unspecified atom stereocenters. The fourth-order valence-corrected chi connectivity index (χ4v) is 4.95. The van der Waals surface area contributed by atoms with Crippen molar-refractivity contribution < 1.29 is 40.1 Å². The summed E-state index contributed by atoms with van der Waals surface area (Å²) in [5.74, 6) is -0.983. The minimum absolute atomic E-state index is 0.0151. The average molecular weight is 583 g/mol. The number of hydrogen-bond acceptors (Lipinski definition) is 5. The van der Waals surface area contributed by atoms with Gasteiger partial charge < -0.3 is 9.64 Å². The van der Waals surface area contributed by atoms with Gasteiger partial charge in [-0.15, -0.1) is 13.2 Å². The SMILES string of the molecule is O=C(c1cc(-c2cc(Br)cc(OC(F)(F)F)c2)n(-c2ccnc(C(F)(F)F)c2)n1)N1CCS(=O)C1. The van der Waals surface area contributed by atoms with Gasteiger partial charge in [-0.3, -0.25) is 14.0 Å². The maximum atomic E-state index is 13.2. The Morgan fingerprint density at radius 3 is 2.46 bits per heavy atom. The summed E-state index contributed by atoms with van der Waals surface area (Å²) >= 11 is 3.09. The Morgan fingerprint density at radius 2 is 1.83 bits per heavy atom. The number of hydrogen-bond donors (Lipinski definition) is 0. The summed E-state index contributed by atoms with van der Waals surface area (Å²) in [6.07, 6.45) is -8.86. The van der Waals surface area contributed by atoms with Gasteiger partial charge in [-0.1, -0.05) is 15.9 Å². The van der Waals surface area contributed by atoms with Crippen molar-refractivity contribution in [3.63, 3.8) is 0 Å². The molecule has 2 aromatic heterocycles. The highest BCUT2D eigenvalue weighted by atomic mass is 79.9. The van der Waals surface area contributed by atoms with Gasteiger partial charge in [0.25, 0.3) is 5.91 Å². The van der Waals surface area contributed by atoms with Crippen LogP contribution in [-0.2, 0) is 17.0 Å². The van der Waals surface area contributed by atoms with Gasteiger partial charge in [0, 0.05) is 39.3 Å². The van der Waals surface area contributed by atoms with E-state index in [4.69, 9.17) is 0 Å². The first kappa shape index (κ1) is 25.2. The zero-order valence-corrected chi connectivity index (χ0v) is 19.6. The van der Waals surface area contributed by atoms with Crippen LogP contribution in [0.4, 0.5) is 26.3 Å². The van der Waals surface area contributed by atoms with Crippen molar-refractivity contribution in [3.05, 3.63) is 58.5 Å². The summed E-state index contributed by atoms with van der Waals surface area (Å²) in [5, 5.41) is 4.14. The van der Waals surface area contributed by atoms with Gasteiger partial charge in [0.2, 0.25) is 0 Å². The summed E-state index contributed by atoms with van der Waals surface area (Å²) in [6, 6.07) is 6.59. The molecule has 7 nitrogen and oxygen atoms in total. The molecule has 1 fully saturated rings. The third-order valence-electron chi connectivity index (χ3n) is 4.78. The maximum Gasteiger partial charge on any atom is 0.573 e. The fourth-order valence-electron chi connectivity index (χ4n) is 3.33. The van der Waals surface area contributed by atoms with Gasteiger partial charge in [-0.05, 0) is 36.4 Å². The summed E-state index contributed by atoms with van der Waals surface area (Å²) in [5.41, 5.74) is -1.47. The molecule has 0 aliphatic carbocycles. The van der Waals surface area contributed by atoms with Crippen LogP contribution in [-0.4, -0.2) is 54.3 Å². The molecule has 1 aromatic carbocycles. The van der Waals surface area contributed by atoms with E-state index >= 15 is 0 Å². The molecule has 1 aliphatic heterocycles. The largest absolute Gasteiger partial charge is 0.573 e. The van der Waals surface area contributed by atoms with E-state index in [1.54, 1.807) is 0 Å². The van der Waals surface area contributed by atoms with Gasteiger partial charge in [-0.25, -0.2) is 4.68 Å². The topological polar surface area (TPSA) is 77.3 Å². The Morgan fingerprint density at radius 1 is 1.09 bits per heavy atom. The molecule has 0 N–H and O–H groups in total. The number of alkyl halides is 6. The van der Waals surface area contributed by atoms with E-state index < -0.39 is 40.7 Å². The van der Waals surface area contributed by atoms with E-state index in [1.807, 2.05) is 0 Å². The van der Waals surface area contributed by atoms with E-state index in [2.05, 4.69) is 30.7 Å². The van der Waals surface area contributed by atoms with E-state index in [1.165, 1.54) is 23.1 Å². The van der Waals surface area contributed by atoms with Crippen LogP contribution in [0.1, 0.15) is 16.2 Å². The lowest BCUT2D eigenvalue weighted by Crippen LogP contribution is -2.28. The molecule has 4 rings (SSSR count). The van der Waals surface area contributed by atoms with Gasteiger partial charge in [0.15, 0.2) is 5.69 Å². The third kappa shape index (κ3) is 5.83. The van der Waals surface area contributed by atoms with Crippen molar-refractivity contribution in [1.29, 1.82) is 0 Å². The maximum absolute atomic E-state index is 13.2. The molecule has 186 valence electrons. The smallest absolute Gasteiger partial charge is 0.406 e. The van der Waals surface area contributed by atoms with Crippen molar-refractivity contribution >= 4 is 32.6 Å². The number of carbonyl (C=O) groups excluding carboxylic acids is 1. The van der Waals surface area contributed by atoms with Crippen molar-refractivity contribution in [1.82, 2.24) is 19.7 Å². The Hall–Kier alpha value is -2.94. The molecule has 0 saturated carbocycles. The number of nitrogens with zero attached hydrogens (tertiary/aromatic N) is 4. The normalized spacial score (nSPS) is 16.5. The van der Waals surface area contributed by atoms with Crippen LogP contribution in [0.2, 0.25) is 0 Å². The van der Waals surface area contributed by atoms with Crippen LogP contribution < -0.4 is 4.74 Å². The number of rotatable bonds is 4. The molecule has 3 aromatic rings. The van der Waals surface area contributed by atoms with Crippen LogP contribution in [0.25, 0.3) is 16.9 Å². The highest BCUT2D eigenvalue weighted by Crippen LogP contribution is 2.34. The second kappa shape index (κ2) is 9.26. The minimum atomic E-state index is -4.99. The predicted octanol–water partition coefficient (Wildman–Crippen LogP) is 4.78. The molecule has 3 heterocycles. The number of pyridine rings is 1. The zero-order valence-electron chi connectivity index (χ0n) is 17.2. The van der Waals surface area contributed by atoms with Crippen LogP contribution in [0.5, 0.6) is 5.75 Å². The lowest BCUT2D eigenvalue weighted by Gasteiger charge is -2.13. The Balaban J connectivity index is 1.86. The number of aromatic nitrogens is 3. The third-order valence-corrected chi connectivity index (χ3v) is 6.48. The molecular weight excluding hydrogens is 570 g/mol. The van der Waals surface area contributed by atoms with Crippen molar-refractivity contribution in [2.24, 2.45) is 0 Å². The van der Waals surface area contributed by atoms with Crippen molar-refractivity contribution in [2.45, 2.75) is 12.5 Å². The van der Waals surface area contributed by atoms with Crippen LogP contribution in [0.3, 0.4) is 0 Å². The van der Waals surface area contributed by atoms with Crippen molar-refractivity contribution in [2.75, 3.05) is 18.2 Å². The molecule has 1 amide bonds. The van der Waals surface area contributed by atoms with E-state index in [0.717, 1.165) is 23.0 Å². The van der Waals surface area contributed by atoms with E-state index in [0.29, 0.717) is 6.07 Å². The Labute approximate surface area is 204 Å². The molecule has 0 radical (unpaired) electrons. The summed E-state index contributed by atoms with van der Waals surface area (Å²) < 4.78 is 94.9. The monoisotopic (exact) mass is 582 g/mol. The molecule has 1 saturated heterocycles. The predicted molar refractivity (Wildman–Crippen MR) is 115 cm³/mol. The second-order valence-corrected chi connectivity index (χ2v) is 9.75. The molecule has 35 heavy (non-hydrogen) atoms. The number of amides is 1. The van der Waals surface area contributed by atoms with Gasteiger partial charge in [0.05, 0.1) is 17.3 Å². The lowest BCUT2D eigenvalue weighted by atomic mass is 10.1. The molecule has 0 bridgehead atoms. The lowest BCUT2D eigenvalue weighted by molar-refractivity contribution is -0.274. The first-order valence-corrected chi connectivity index (χ1v) is 11.9. The molecular formula is C20H13BrF6N4O3S. The van der Waals surface area contributed by atoms with Gasteiger partial charge >= 0.3 is 12.5 Å². The fraction of sp³-hybridized carbons (Fsp3) is 0.250. The number of carbonyl (C=O) groups is 1. The molecule has 1 aliphatic rings. The Kier molecular flexibility index (Phi) is 6.66. The Bertz CT molecular complexity index is 1310. The quantitative estimate of drug-likeness (QED) is 0.414.